The summed E-state index contributed by atoms with van der Waals surface area (Å²) in [7, 11) is -4.23. The molecule has 0 amide bonds. The highest BCUT2D eigenvalue weighted by Crippen LogP contribution is 2.45. The molecule has 0 aromatic carbocycles. The van der Waals surface area contributed by atoms with Crippen molar-refractivity contribution < 1.29 is 32.8 Å². The lowest BCUT2D eigenvalue weighted by molar-refractivity contribution is -0.0739. The average molecular weight is 284 g/mol. The van der Waals surface area contributed by atoms with Gasteiger partial charge in [-0.05, 0) is 26.7 Å². The van der Waals surface area contributed by atoms with E-state index in [-0.39, 0.29) is 18.6 Å². The second-order valence-corrected chi connectivity index (χ2v) is 5.77. The number of hydrogen-bond acceptors (Lipinski definition) is 6. The third-order valence-corrected chi connectivity index (χ3v) is 2.49. The van der Waals surface area contributed by atoms with Crippen LogP contribution < -0.4 is 0 Å². The Morgan fingerprint density at radius 3 is 2.17 bits per heavy atom. The van der Waals surface area contributed by atoms with Crippen LogP contribution in [0, 0.1) is 5.92 Å². The van der Waals surface area contributed by atoms with Gasteiger partial charge in [0.25, 0.3) is 0 Å². The first-order chi connectivity index (χ1) is 8.12. The van der Waals surface area contributed by atoms with Crippen molar-refractivity contribution >= 4 is 14.0 Å². The van der Waals surface area contributed by atoms with Gasteiger partial charge in [-0.15, -0.1) is 0 Å². The fraction of sp³-hybridized carbons (Fsp3) is 0.900. The van der Waals surface area contributed by atoms with Crippen LogP contribution >= 0.6 is 7.82 Å². The number of phosphoric ester groups is 1. The minimum Gasteiger partial charge on any atom is -0.432 e. The molecule has 7 nitrogen and oxygen atoms in total. The Balaban J connectivity index is 4.09. The van der Waals surface area contributed by atoms with Crippen molar-refractivity contribution in [2.75, 3.05) is 6.61 Å². The molecule has 0 aromatic rings. The van der Waals surface area contributed by atoms with Crippen molar-refractivity contribution in [3.8, 4) is 0 Å². The largest absolute Gasteiger partial charge is 0.510 e. The quantitative estimate of drug-likeness (QED) is 0.436. The molecule has 1 N–H and O–H groups in total. The molecule has 0 fully saturated rings. The highest BCUT2D eigenvalue weighted by molar-refractivity contribution is 7.47. The minimum absolute atomic E-state index is 0.0664. The smallest absolute Gasteiger partial charge is 0.432 e. The summed E-state index contributed by atoms with van der Waals surface area (Å²) < 4.78 is 30.0. The van der Waals surface area contributed by atoms with Crippen LogP contribution in [0.15, 0.2) is 0 Å². The Hall–Kier alpha value is -0.620. The van der Waals surface area contributed by atoms with Crippen LogP contribution in [0.1, 0.15) is 34.6 Å². The summed E-state index contributed by atoms with van der Waals surface area (Å²) in [5.74, 6) is 0.0798. The summed E-state index contributed by atoms with van der Waals surface area (Å²) in [5, 5.41) is 0. The lowest BCUT2D eigenvalue weighted by Gasteiger charge is -2.18. The molecule has 0 saturated carbocycles. The maximum absolute atomic E-state index is 11.4. The SMILES string of the molecule is CC(C)COP(=O)(O)OC(C)OC(=O)OC(C)C. The van der Waals surface area contributed by atoms with Gasteiger partial charge in [-0.2, -0.15) is 0 Å². The topological polar surface area (TPSA) is 91.3 Å². The molecular formula is C10H21O7P. The predicted molar refractivity (Wildman–Crippen MR) is 63.9 cm³/mol. The van der Waals surface area contributed by atoms with Crippen molar-refractivity contribution in [2.24, 2.45) is 5.92 Å². The summed E-state index contributed by atoms with van der Waals surface area (Å²) in [4.78, 5) is 20.4. The van der Waals surface area contributed by atoms with Crippen molar-refractivity contribution in [3.63, 3.8) is 0 Å². The molecule has 2 atom stereocenters. The summed E-state index contributed by atoms with van der Waals surface area (Å²) in [6.07, 6.45) is -2.55. The Kier molecular flexibility index (Phi) is 7.47. The number of carbonyl (C=O) groups is 1. The molecular weight excluding hydrogens is 263 g/mol. The van der Waals surface area contributed by atoms with Gasteiger partial charge < -0.3 is 14.4 Å². The molecule has 0 heterocycles. The normalized spacial score (nSPS) is 16.4. The number of hydrogen-bond donors (Lipinski definition) is 1. The van der Waals surface area contributed by atoms with E-state index < -0.39 is 20.3 Å². The highest BCUT2D eigenvalue weighted by atomic mass is 31.2. The van der Waals surface area contributed by atoms with E-state index in [1.165, 1.54) is 6.92 Å². The van der Waals surface area contributed by atoms with Gasteiger partial charge in [0, 0.05) is 0 Å². The third-order valence-electron chi connectivity index (χ3n) is 1.45. The zero-order valence-electron chi connectivity index (χ0n) is 11.3. The van der Waals surface area contributed by atoms with Crippen LogP contribution in [-0.2, 0) is 23.1 Å². The van der Waals surface area contributed by atoms with E-state index in [0.29, 0.717) is 0 Å². The van der Waals surface area contributed by atoms with E-state index >= 15 is 0 Å². The van der Waals surface area contributed by atoms with Crippen LogP contribution in [0.2, 0.25) is 0 Å². The molecule has 8 heteroatoms. The van der Waals surface area contributed by atoms with Crippen molar-refractivity contribution in [1.82, 2.24) is 0 Å². The van der Waals surface area contributed by atoms with Crippen LogP contribution in [0.25, 0.3) is 0 Å². The first kappa shape index (κ1) is 17.4. The molecule has 0 saturated heterocycles. The van der Waals surface area contributed by atoms with Crippen LogP contribution in [0.4, 0.5) is 4.79 Å². The third kappa shape index (κ3) is 9.41. The van der Waals surface area contributed by atoms with Gasteiger partial charge in [0.1, 0.15) is 0 Å². The second-order valence-electron chi connectivity index (χ2n) is 4.37. The fourth-order valence-corrected chi connectivity index (χ4v) is 1.80. The van der Waals surface area contributed by atoms with Crippen LogP contribution in [0.5, 0.6) is 0 Å². The van der Waals surface area contributed by atoms with Gasteiger partial charge in [0.05, 0.1) is 12.7 Å². The molecule has 0 bridgehead atoms. The molecule has 2 unspecified atom stereocenters. The lowest BCUT2D eigenvalue weighted by atomic mass is 10.2. The van der Waals surface area contributed by atoms with Crippen molar-refractivity contribution in [3.05, 3.63) is 0 Å². The van der Waals surface area contributed by atoms with E-state index in [4.69, 9.17) is 0 Å². The highest BCUT2D eigenvalue weighted by Gasteiger charge is 2.27. The molecule has 18 heavy (non-hydrogen) atoms. The molecule has 0 radical (unpaired) electrons. The van der Waals surface area contributed by atoms with Crippen molar-refractivity contribution in [1.29, 1.82) is 0 Å². The first-order valence-corrected chi connectivity index (χ1v) is 7.15. The molecule has 0 spiro atoms. The van der Waals surface area contributed by atoms with Crippen molar-refractivity contribution in [2.45, 2.75) is 47.0 Å². The summed E-state index contributed by atoms with van der Waals surface area (Å²) >= 11 is 0. The number of ether oxygens (including phenoxy) is 2. The molecule has 0 aliphatic rings. The number of phosphoric acid groups is 1. The van der Waals surface area contributed by atoms with E-state index in [2.05, 4.69) is 18.5 Å². The Bertz CT molecular complexity index is 303. The zero-order chi connectivity index (χ0) is 14.3. The molecule has 108 valence electrons. The minimum atomic E-state index is -4.23. The number of carbonyl (C=O) groups excluding carboxylic acids is 1. The van der Waals surface area contributed by atoms with Gasteiger partial charge in [0.15, 0.2) is 0 Å². The number of rotatable bonds is 7. The van der Waals surface area contributed by atoms with E-state index in [0.717, 1.165) is 0 Å². The van der Waals surface area contributed by atoms with E-state index in [9.17, 15) is 14.3 Å². The predicted octanol–water partition coefficient (Wildman–Crippen LogP) is 2.68. The molecule has 0 aliphatic heterocycles. The average Bonchev–Trinajstić information content (AvgIpc) is 2.11. The van der Waals surface area contributed by atoms with E-state index in [1.807, 2.05) is 13.8 Å². The van der Waals surface area contributed by atoms with Gasteiger partial charge in [-0.3, -0.25) is 4.52 Å². The lowest BCUT2D eigenvalue weighted by Crippen LogP contribution is -2.21. The molecule has 0 rings (SSSR count). The Morgan fingerprint density at radius 1 is 1.17 bits per heavy atom. The second kappa shape index (κ2) is 7.74. The van der Waals surface area contributed by atoms with Gasteiger partial charge in [0.2, 0.25) is 6.29 Å². The summed E-state index contributed by atoms with van der Waals surface area (Å²) in [6, 6.07) is 0. The molecule has 0 aromatic heterocycles. The summed E-state index contributed by atoms with van der Waals surface area (Å²) in [6.45, 7) is 8.30. The fourth-order valence-electron chi connectivity index (χ4n) is 0.839. The first-order valence-electron chi connectivity index (χ1n) is 5.65. The van der Waals surface area contributed by atoms with Crippen LogP contribution in [0.3, 0.4) is 0 Å². The Labute approximate surface area is 107 Å². The van der Waals surface area contributed by atoms with Gasteiger partial charge in [-0.25, -0.2) is 13.9 Å². The van der Waals surface area contributed by atoms with Gasteiger partial charge >= 0.3 is 14.0 Å². The van der Waals surface area contributed by atoms with Crippen LogP contribution in [-0.4, -0.2) is 30.0 Å². The summed E-state index contributed by atoms with van der Waals surface area (Å²) in [5.41, 5.74) is 0. The monoisotopic (exact) mass is 284 g/mol. The zero-order valence-corrected chi connectivity index (χ0v) is 12.2. The molecule has 0 aliphatic carbocycles. The maximum atomic E-state index is 11.4. The van der Waals surface area contributed by atoms with E-state index in [1.54, 1.807) is 13.8 Å². The maximum Gasteiger partial charge on any atom is 0.510 e. The standard InChI is InChI=1S/C10H21O7P/c1-7(2)6-14-18(12,13)17-9(5)16-10(11)15-8(3)4/h7-9H,6H2,1-5H3,(H,12,13). The van der Waals surface area contributed by atoms with Gasteiger partial charge in [-0.1, -0.05) is 13.8 Å². The Morgan fingerprint density at radius 2 is 1.72 bits per heavy atom.